The molecule has 22 heavy (non-hydrogen) atoms. The number of rotatable bonds is 7. The van der Waals surface area contributed by atoms with E-state index in [1.807, 2.05) is 35.7 Å². The number of carbonyl (C=O) groups excluding carboxylic acids is 1. The van der Waals surface area contributed by atoms with Crippen LogP contribution < -0.4 is 0 Å². The number of benzene rings is 1. The van der Waals surface area contributed by atoms with Gasteiger partial charge in [0.2, 0.25) is 5.91 Å². The Morgan fingerprint density at radius 1 is 1.32 bits per heavy atom. The summed E-state index contributed by atoms with van der Waals surface area (Å²) >= 11 is 1.50. The van der Waals surface area contributed by atoms with Gasteiger partial charge in [-0.25, -0.2) is 9.78 Å². The molecule has 0 saturated carbocycles. The number of nitrogens with zero attached hydrogens (tertiary/aromatic N) is 2. The van der Waals surface area contributed by atoms with E-state index in [1.54, 1.807) is 6.20 Å². The Kier molecular flexibility index (Phi) is 5.66. The van der Waals surface area contributed by atoms with Crippen LogP contribution >= 0.6 is 11.3 Å². The van der Waals surface area contributed by atoms with Crippen LogP contribution in [0.25, 0.3) is 0 Å². The predicted octanol–water partition coefficient (Wildman–Crippen LogP) is 2.58. The number of aromatic nitrogens is 1. The van der Waals surface area contributed by atoms with Crippen molar-refractivity contribution in [3.05, 3.63) is 52.5 Å². The van der Waals surface area contributed by atoms with Crippen molar-refractivity contribution in [2.45, 2.75) is 32.4 Å². The van der Waals surface area contributed by atoms with E-state index in [4.69, 9.17) is 0 Å². The summed E-state index contributed by atoms with van der Waals surface area (Å²) in [5.41, 5.74) is 0.915. The zero-order valence-electron chi connectivity index (χ0n) is 12.3. The molecule has 2 rings (SSSR count). The molecule has 1 heterocycles. The van der Waals surface area contributed by atoms with Gasteiger partial charge >= 0.3 is 5.97 Å². The fraction of sp³-hybridized carbons (Fsp3) is 0.312. The third-order valence-electron chi connectivity index (χ3n) is 3.38. The lowest BCUT2D eigenvalue weighted by Crippen LogP contribution is -2.42. The third-order valence-corrected chi connectivity index (χ3v) is 4.22. The summed E-state index contributed by atoms with van der Waals surface area (Å²) in [6, 6.07) is 8.55. The molecule has 0 fully saturated rings. The van der Waals surface area contributed by atoms with E-state index in [1.165, 1.54) is 23.2 Å². The summed E-state index contributed by atoms with van der Waals surface area (Å²) in [6.45, 7) is 1.83. The van der Waals surface area contributed by atoms with Gasteiger partial charge in [0.05, 0.1) is 5.01 Å². The van der Waals surface area contributed by atoms with Crippen molar-refractivity contribution in [2.24, 2.45) is 0 Å². The fourth-order valence-electron chi connectivity index (χ4n) is 2.09. The Bertz CT molecular complexity index is 614. The molecule has 6 heteroatoms. The van der Waals surface area contributed by atoms with E-state index in [2.05, 4.69) is 4.98 Å². The van der Waals surface area contributed by atoms with Crippen LogP contribution in [0.1, 0.15) is 23.9 Å². The normalized spacial score (nSPS) is 11.9. The molecule has 0 aliphatic carbocycles. The second kappa shape index (κ2) is 7.70. The lowest BCUT2D eigenvalue weighted by atomic mass is 10.1. The minimum absolute atomic E-state index is 0.172. The molecule has 5 nitrogen and oxygen atoms in total. The zero-order valence-corrected chi connectivity index (χ0v) is 13.1. The van der Waals surface area contributed by atoms with Crippen molar-refractivity contribution < 1.29 is 14.7 Å². The average molecular weight is 318 g/mol. The first-order valence-electron chi connectivity index (χ1n) is 7.02. The number of amides is 1. The van der Waals surface area contributed by atoms with Gasteiger partial charge in [-0.1, -0.05) is 30.3 Å². The zero-order chi connectivity index (χ0) is 15.9. The smallest absolute Gasteiger partial charge is 0.326 e. The van der Waals surface area contributed by atoms with E-state index < -0.39 is 12.0 Å². The van der Waals surface area contributed by atoms with Crippen LogP contribution in [-0.2, 0) is 22.6 Å². The van der Waals surface area contributed by atoms with Gasteiger partial charge in [-0.05, 0) is 12.5 Å². The summed E-state index contributed by atoms with van der Waals surface area (Å²) in [4.78, 5) is 29.2. The number of hydrogen-bond acceptors (Lipinski definition) is 4. The van der Waals surface area contributed by atoms with Crippen LogP contribution in [0.4, 0.5) is 0 Å². The molecule has 1 aromatic heterocycles. The molecule has 1 unspecified atom stereocenters. The second-order valence-corrected chi connectivity index (χ2v) is 5.93. The van der Waals surface area contributed by atoms with Gasteiger partial charge < -0.3 is 10.0 Å². The lowest BCUT2D eigenvalue weighted by Gasteiger charge is -2.26. The summed E-state index contributed by atoms with van der Waals surface area (Å²) < 4.78 is 0. The summed E-state index contributed by atoms with van der Waals surface area (Å²) in [5, 5.41) is 12.0. The van der Waals surface area contributed by atoms with Crippen molar-refractivity contribution >= 4 is 23.2 Å². The van der Waals surface area contributed by atoms with E-state index in [0.717, 1.165) is 10.6 Å². The largest absolute Gasteiger partial charge is 0.480 e. The highest BCUT2D eigenvalue weighted by atomic mass is 32.1. The van der Waals surface area contributed by atoms with Crippen LogP contribution in [0.2, 0.25) is 0 Å². The molecule has 0 radical (unpaired) electrons. The number of carboxylic acid groups (broad SMARTS) is 1. The summed E-state index contributed by atoms with van der Waals surface area (Å²) in [6.07, 6.45) is 2.50. The molecule has 1 atom stereocenters. The third kappa shape index (κ3) is 4.39. The predicted molar refractivity (Wildman–Crippen MR) is 84.5 cm³/mol. The highest BCUT2D eigenvalue weighted by Crippen LogP contribution is 2.13. The maximum atomic E-state index is 12.4. The Morgan fingerprint density at radius 2 is 2.05 bits per heavy atom. The van der Waals surface area contributed by atoms with Crippen molar-refractivity contribution in [3.8, 4) is 0 Å². The molecular formula is C16H18N2O3S. The van der Waals surface area contributed by atoms with Gasteiger partial charge in [-0.3, -0.25) is 4.79 Å². The first-order valence-corrected chi connectivity index (χ1v) is 7.90. The molecule has 0 saturated heterocycles. The van der Waals surface area contributed by atoms with Crippen LogP contribution in [-0.4, -0.2) is 32.9 Å². The van der Waals surface area contributed by atoms with Crippen molar-refractivity contribution in [1.29, 1.82) is 0 Å². The number of thiazole rings is 1. The van der Waals surface area contributed by atoms with Crippen molar-refractivity contribution in [1.82, 2.24) is 9.88 Å². The summed E-state index contributed by atoms with van der Waals surface area (Å²) in [5.74, 6) is -1.17. The fourth-order valence-corrected chi connectivity index (χ4v) is 2.71. The standard InChI is InChI=1S/C16H18N2O3S/c1-12(16(20)21)18(11-13-5-3-2-4-6-13)15(19)8-7-14-17-9-10-22-14/h2-6,9-10,12H,7-8,11H2,1H3,(H,20,21). The Morgan fingerprint density at radius 3 is 2.64 bits per heavy atom. The first kappa shape index (κ1) is 16.2. The van der Waals surface area contributed by atoms with E-state index in [-0.39, 0.29) is 12.3 Å². The van der Waals surface area contributed by atoms with E-state index in [0.29, 0.717) is 13.0 Å². The maximum Gasteiger partial charge on any atom is 0.326 e. The Labute approximate surface area is 133 Å². The van der Waals surface area contributed by atoms with Crippen LogP contribution in [0.5, 0.6) is 0 Å². The van der Waals surface area contributed by atoms with Gasteiger partial charge in [0.25, 0.3) is 0 Å². The quantitative estimate of drug-likeness (QED) is 0.852. The molecule has 0 bridgehead atoms. The molecule has 1 N–H and O–H groups in total. The number of carbonyl (C=O) groups is 2. The molecule has 1 aromatic carbocycles. The van der Waals surface area contributed by atoms with Gasteiger partial charge in [-0.2, -0.15) is 0 Å². The molecule has 2 aromatic rings. The number of hydrogen-bond donors (Lipinski definition) is 1. The molecule has 0 aliphatic rings. The van der Waals surface area contributed by atoms with Crippen LogP contribution in [0.15, 0.2) is 41.9 Å². The number of carboxylic acids is 1. The van der Waals surface area contributed by atoms with E-state index in [9.17, 15) is 14.7 Å². The molecular weight excluding hydrogens is 300 g/mol. The average Bonchev–Trinajstić information content (AvgIpc) is 3.04. The van der Waals surface area contributed by atoms with Gasteiger partial charge in [-0.15, -0.1) is 11.3 Å². The first-order chi connectivity index (χ1) is 10.6. The van der Waals surface area contributed by atoms with Crippen LogP contribution in [0, 0.1) is 0 Å². The molecule has 1 amide bonds. The molecule has 0 aliphatic heterocycles. The lowest BCUT2D eigenvalue weighted by molar-refractivity contribution is -0.150. The van der Waals surface area contributed by atoms with Gasteiger partial charge in [0.15, 0.2) is 0 Å². The maximum absolute atomic E-state index is 12.4. The Hall–Kier alpha value is -2.21. The van der Waals surface area contributed by atoms with Crippen molar-refractivity contribution in [3.63, 3.8) is 0 Å². The van der Waals surface area contributed by atoms with Crippen molar-refractivity contribution in [2.75, 3.05) is 0 Å². The Balaban J connectivity index is 2.06. The molecule has 116 valence electrons. The van der Waals surface area contributed by atoms with E-state index >= 15 is 0 Å². The van der Waals surface area contributed by atoms with Gasteiger partial charge in [0, 0.05) is 31.0 Å². The van der Waals surface area contributed by atoms with Crippen LogP contribution in [0.3, 0.4) is 0 Å². The molecule has 0 spiro atoms. The summed E-state index contributed by atoms with van der Waals surface area (Å²) in [7, 11) is 0. The highest BCUT2D eigenvalue weighted by Gasteiger charge is 2.25. The number of aliphatic carboxylic acids is 1. The SMILES string of the molecule is CC(C(=O)O)N(Cc1ccccc1)C(=O)CCc1nccs1. The second-order valence-electron chi connectivity index (χ2n) is 4.95. The minimum atomic E-state index is -1.00. The topological polar surface area (TPSA) is 70.5 Å². The minimum Gasteiger partial charge on any atom is -0.480 e. The highest BCUT2D eigenvalue weighted by molar-refractivity contribution is 7.09. The van der Waals surface area contributed by atoms with Gasteiger partial charge in [0.1, 0.15) is 6.04 Å². The monoisotopic (exact) mass is 318 g/mol. The number of aryl methyl sites for hydroxylation is 1.